The maximum atomic E-state index is 10.8. The van der Waals surface area contributed by atoms with E-state index in [1.54, 1.807) is 0 Å². The van der Waals surface area contributed by atoms with Crippen molar-refractivity contribution in [3.8, 4) is 0 Å². The maximum Gasteiger partial charge on any atom is 0.329 e. The third-order valence-electron chi connectivity index (χ3n) is 2.29. The van der Waals surface area contributed by atoms with E-state index in [0.717, 1.165) is 6.20 Å². The fourth-order valence-electron chi connectivity index (χ4n) is 1.61. The van der Waals surface area contributed by atoms with Crippen LogP contribution >= 0.6 is 11.6 Å². The van der Waals surface area contributed by atoms with E-state index in [1.807, 2.05) is 20.8 Å². The number of aliphatic hydroxyl groups is 1. The van der Waals surface area contributed by atoms with E-state index < -0.39 is 11.0 Å². The molecule has 0 saturated carbocycles. The molecular formula is C11H17ClN4O3. The van der Waals surface area contributed by atoms with Gasteiger partial charge in [0.05, 0.1) is 11.0 Å². The lowest BCUT2D eigenvalue weighted by Crippen LogP contribution is -2.25. The van der Waals surface area contributed by atoms with E-state index >= 15 is 0 Å². The molecule has 0 aliphatic heterocycles. The van der Waals surface area contributed by atoms with Gasteiger partial charge in [0.25, 0.3) is 0 Å². The third kappa shape index (κ3) is 5.35. The highest BCUT2D eigenvalue weighted by Gasteiger charge is 2.20. The highest BCUT2D eigenvalue weighted by atomic mass is 35.5. The number of aromatic nitrogens is 2. The first kappa shape index (κ1) is 15.6. The average molecular weight is 289 g/mol. The van der Waals surface area contributed by atoms with E-state index in [4.69, 9.17) is 11.6 Å². The lowest BCUT2D eigenvalue weighted by Gasteiger charge is -2.22. The molecule has 1 atom stereocenters. The molecule has 1 aromatic heterocycles. The second-order valence-electron chi connectivity index (χ2n) is 5.43. The smallest absolute Gasteiger partial charge is 0.329 e. The van der Waals surface area contributed by atoms with Crippen LogP contribution in [-0.2, 0) is 0 Å². The van der Waals surface area contributed by atoms with Crippen LogP contribution < -0.4 is 5.32 Å². The molecule has 1 unspecified atom stereocenters. The highest BCUT2D eigenvalue weighted by Crippen LogP contribution is 2.24. The van der Waals surface area contributed by atoms with Crippen LogP contribution in [0.15, 0.2) is 6.20 Å². The SMILES string of the molecule is CC(C)(C)CC(O)CNc1nc(Cl)ncc1[N+](=O)[O-]. The fraction of sp³-hybridized carbons (Fsp3) is 0.636. The number of nitrogens with zero attached hydrogens (tertiary/aromatic N) is 3. The predicted molar refractivity (Wildman–Crippen MR) is 72.3 cm³/mol. The number of halogens is 1. The fourth-order valence-corrected chi connectivity index (χ4v) is 1.74. The molecule has 0 aliphatic carbocycles. The van der Waals surface area contributed by atoms with Crippen molar-refractivity contribution in [3.63, 3.8) is 0 Å². The minimum absolute atomic E-state index is 0.0120. The van der Waals surface area contributed by atoms with Gasteiger partial charge in [-0.2, -0.15) is 4.98 Å². The molecule has 0 saturated heterocycles. The van der Waals surface area contributed by atoms with Gasteiger partial charge in [0.15, 0.2) is 0 Å². The zero-order valence-electron chi connectivity index (χ0n) is 11.1. The van der Waals surface area contributed by atoms with Crippen LogP contribution in [0.1, 0.15) is 27.2 Å². The summed E-state index contributed by atoms with van der Waals surface area (Å²) in [5.41, 5.74) is -0.302. The summed E-state index contributed by atoms with van der Waals surface area (Å²) in [6.07, 6.45) is 0.966. The molecule has 0 aliphatic rings. The standard InChI is InChI=1S/C11H17ClN4O3/c1-11(2,3)4-7(17)5-13-9-8(16(18)19)6-14-10(12)15-9/h6-7,17H,4-5H2,1-3H3,(H,13,14,15). The van der Waals surface area contributed by atoms with E-state index in [0.29, 0.717) is 6.42 Å². The summed E-state index contributed by atoms with van der Waals surface area (Å²) in [4.78, 5) is 17.5. The van der Waals surface area contributed by atoms with Crippen LogP contribution in [0.4, 0.5) is 11.5 Å². The zero-order chi connectivity index (χ0) is 14.6. The van der Waals surface area contributed by atoms with Gasteiger partial charge in [-0.25, -0.2) is 4.98 Å². The summed E-state index contributed by atoms with van der Waals surface area (Å²) < 4.78 is 0. The predicted octanol–water partition coefficient (Wildman–Crippen LogP) is 2.25. The quantitative estimate of drug-likeness (QED) is 0.489. The normalized spacial score (nSPS) is 13.1. The molecule has 1 aromatic rings. The summed E-state index contributed by atoms with van der Waals surface area (Å²) >= 11 is 5.60. The van der Waals surface area contributed by atoms with Gasteiger partial charge in [-0.15, -0.1) is 0 Å². The van der Waals surface area contributed by atoms with E-state index in [-0.39, 0.29) is 28.7 Å². The van der Waals surface area contributed by atoms with Gasteiger partial charge < -0.3 is 10.4 Å². The Hall–Kier alpha value is -1.47. The van der Waals surface area contributed by atoms with Crippen molar-refractivity contribution in [2.24, 2.45) is 5.41 Å². The molecule has 106 valence electrons. The lowest BCUT2D eigenvalue weighted by molar-refractivity contribution is -0.384. The Kier molecular flexibility index (Phi) is 5.02. The third-order valence-corrected chi connectivity index (χ3v) is 2.47. The number of hydrogen-bond donors (Lipinski definition) is 2. The van der Waals surface area contributed by atoms with Gasteiger partial charge in [-0.05, 0) is 23.4 Å². The number of aliphatic hydroxyl groups excluding tert-OH is 1. The molecule has 19 heavy (non-hydrogen) atoms. The van der Waals surface area contributed by atoms with Crippen LogP contribution in [0.2, 0.25) is 5.28 Å². The Balaban J connectivity index is 2.72. The van der Waals surface area contributed by atoms with Crippen LogP contribution in [0, 0.1) is 15.5 Å². The van der Waals surface area contributed by atoms with Crippen molar-refractivity contribution in [1.29, 1.82) is 0 Å². The first-order chi connectivity index (χ1) is 8.69. The molecular weight excluding hydrogens is 272 g/mol. The number of nitrogens with one attached hydrogen (secondary N) is 1. The highest BCUT2D eigenvalue weighted by molar-refractivity contribution is 6.28. The maximum absolute atomic E-state index is 10.8. The van der Waals surface area contributed by atoms with Crippen molar-refractivity contribution in [2.45, 2.75) is 33.3 Å². The van der Waals surface area contributed by atoms with Gasteiger partial charge in [-0.1, -0.05) is 20.8 Å². The Morgan fingerprint density at radius 1 is 1.58 bits per heavy atom. The Bertz CT molecular complexity index is 462. The molecule has 1 rings (SSSR count). The summed E-state index contributed by atoms with van der Waals surface area (Å²) in [6.45, 7) is 6.16. The van der Waals surface area contributed by atoms with Crippen molar-refractivity contribution in [3.05, 3.63) is 21.6 Å². The topological polar surface area (TPSA) is 101 Å². The second-order valence-corrected chi connectivity index (χ2v) is 5.77. The molecule has 1 heterocycles. The van der Waals surface area contributed by atoms with Crippen LogP contribution in [0.5, 0.6) is 0 Å². The Morgan fingerprint density at radius 3 is 2.74 bits per heavy atom. The molecule has 0 bridgehead atoms. The van der Waals surface area contributed by atoms with E-state index in [1.165, 1.54) is 0 Å². The summed E-state index contributed by atoms with van der Waals surface area (Å²) in [5, 5.41) is 23.3. The van der Waals surface area contributed by atoms with Gasteiger partial charge in [0, 0.05) is 6.54 Å². The Labute approximate surface area is 116 Å². The van der Waals surface area contributed by atoms with Crippen molar-refractivity contribution >= 4 is 23.1 Å². The van der Waals surface area contributed by atoms with Crippen LogP contribution in [0.3, 0.4) is 0 Å². The molecule has 0 amide bonds. The first-order valence-corrected chi connectivity index (χ1v) is 6.16. The van der Waals surface area contributed by atoms with Crippen LogP contribution in [0.25, 0.3) is 0 Å². The second kappa shape index (κ2) is 6.12. The number of anilines is 1. The number of hydrogen-bond acceptors (Lipinski definition) is 6. The monoisotopic (exact) mass is 288 g/mol. The minimum Gasteiger partial charge on any atom is -0.391 e. The summed E-state index contributed by atoms with van der Waals surface area (Å²) in [5.74, 6) is 0.0120. The molecule has 0 aromatic carbocycles. The van der Waals surface area contributed by atoms with Gasteiger partial charge >= 0.3 is 5.69 Å². The largest absolute Gasteiger partial charge is 0.391 e. The molecule has 0 spiro atoms. The molecule has 7 nitrogen and oxygen atoms in total. The van der Waals surface area contributed by atoms with Crippen molar-refractivity contribution in [2.75, 3.05) is 11.9 Å². The number of rotatable bonds is 5. The van der Waals surface area contributed by atoms with Gasteiger partial charge in [0.2, 0.25) is 11.1 Å². The zero-order valence-corrected chi connectivity index (χ0v) is 11.8. The molecule has 0 fully saturated rings. The molecule has 0 radical (unpaired) electrons. The van der Waals surface area contributed by atoms with Gasteiger partial charge in [-0.3, -0.25) is 10.1 Å². The van der Waals surface area contributed by atoms with Gasteiger partial charge in [0.1, 0.15) is 6.20 Å². The van der Waals surface area contributed by atoms with Crippen molar-refractivity contribution < 1.29 is 10.0 Å². The van der Waals surface area contributed by atoms with E-state index in [9.17, 15) is 15.2 Å². The molecule has 8 heteroatoms. The molecule has 2 N–H and O–H groups in total. The lowest BCUT2D eigenvalue weighted by atomic mass is 9.89. The van der Waals surface area contributed by atoms with Crippen molar-refractivity contribution in [1.82, 2.24) is 9.97 Å². The van der Waals surface area contributed by atoms with Crippen LogP contribution in [-0.4, -0.2) is 32.6 Å². The average Bonchev–Trinajstić information content (AvgIpc) is 2.23. The minimum atomic E-state index is -0.631. The Morgan fingerprint density at radius 2 is 2.21 bits per heavy atom. The van der Waals surface area contributed by atoms with E-state index in [2.05, 4.69) is 15.3 Å². The first-order valence-electron chi connectivity index (χ1n) is 5.78. The summed E-state index contributed by atoms with van der Waals surface area (Å²) in [6, 6.07) is 0. The number of nitro groups is 1. The summed E-state index contributed by atoms with van der Waals surface area (Å²) in [7, 11) is 0.